The van der Waals surface area contributed by atoms with Crippen molar-refractivity contribution in [3.63, 3.8) is 0 Å². The molecule has 0 bridgehead atoms. The molecule has 4 aromatic rings. The summed E-state index contributed by atoms with van der Waals surface area (Å²) in [5, 5.41) is 5.95. The van der Waals surface area contributed by atoms with Crippen LogP contribution in [0.1, 0.15) is 24.1 Å². The van der Waals surface area contributed by atoms with Crippen LogP contribution in [-0.4, -0.2) is 13.5 Å². The van der Waals surface area contributed by atoms with Crippen molar-refractivity contribution >= 4 is 10.8 Å². The zero-order valence-electron chi connectivity index (χ0n) is 18.3. The summed E-state index contributed by atoms with van der Waals surface area (Å²) in [6.07, 6.45) is -4.74. The van der Waals surface area contributed by atoms with Gasteiger partial charge in [0.2, 0.25) is 0 Å². The molecule has 33 heavy (non-hydrogen) atoms. The smallest absolute Gasteiger partial charge is 0.496 e. The van der Waals surface area contributed by atoms with Gasteiger partial charge in [-0.15, -0.1) is 13.2 Å². The Morgan fingerprint density at radius 2 is 1.64 bits per heavy atom. The first-order valence-corrected chi connectivity index (χ1v) is 10.6. The molecule has 0 saturated carbocycles. The number of hydrogen-bond acceptors (Lipinski definition) is 3. The molecule has 0 aliphatic rings. The zero-order chi connectivity index (χ0) is 23.4. The summed E-state index contributed by atoms with van der Waals surface area (Å²) in [5.41, 5.74) is 3.47. The monoisotopic (exact) mass is 451 g/mol. The molecule has 0 aromatic heterocycles. The molecule has 1 N–H and O–H groups in total. The van der Waals surface area contributed by atoms with E-state index in [1.807, 2.05) is 30.3 Å². The van der Waals surface area contributed by atoms with Crippen molar-refractivity contribution < 1.29 is 22.6 Å². The highest BCUT2D eigenvalue weighted by molar-refractivity contribution is 5.86. The number of methoxy groups -OCH3 is 1. The minimum Gasteiger partial charge on any atom is -0.496 e. The third-order valence-electron chi connectivity index (χ3n) is 5.54. The van der Waals surface area contributed by atoms with E-state index in [4.69, 9.17) is 4.74 Å². The van der Waals surface area contributed by atoms with Crippen LogP contribution >= 0.6 is 0 Å². The second-order valence-electron chi connectivity index (χ2n) is 7.78. The molecule has 0 amide bonds. The molecule has 0 aliphatic carbocycles. The van der Waals surface area contributed by atoms with Gasteiger partial charge in [-0.2, -0.15) is 0 Å². The summed E-state index contributed by atoms with van der Waals surface area (Å²) in [5.74, 6) is 0.306. The fourth-order valence-corrected chi connectivity index (χ4v) is 3.96. The minimum atomic E-state index is -4.74. The molecule has 4 aromatic carbocycles. The first kappa shape index (κ1) is 22.7. The topological polar surface area (TPSA) is 30.5 Å². The Morgan fingerprint density at radius 3 is 2.42 bits per heavy atom. The fourth-order valence-electron chi connectivity index (χ4n) is 3.96. The van der Waals surface area contributed by atoms with Crippen LogP contribution < -0.4 is 14.8 Å². The van der Waals surface area contributed by atoms with Gasteiger partial charge in [0.1, 0.15) is 11.5 Å². The number of rotatable bonds is 7. The second kappa shape index (κ2) is 9.55. The van der Waals surface area contributed by atoms with E-state index in [2.05, 4.69) is 47.3 Å². The van der Waals surface area contributed by atoms with Crippen molar-refractivity contribution in [3.05, 3.63) is 96.1 Å². The second-order valence-corrected chi connectivity index (χ2v) is 7.78. The summed E-state index contributed by atoms with van der Waals surface area (Å²) in [6, 6.07) is 26.2. The van der Waals surface area contributed by atoms with Gasteiger partial charge in [-0.1, -0.05) is 60.7 Å². The standard InChI is InChI=1S/C27H24F3NO2/c1-18(23-12-6-8-20-7-3-4-11-24(20)23)31-17-19-13-14-26(32-2)25(15-19)21-9-5-10-22(16-21)33-27(28,29)30/h3-16,18,31H,17H2,1-2H3. The largest absolute Gasteiger partial charge is 0.573 e. The van der Waals surface area contributed by atoms with Crippen molar-refractivity contribution in [2.75, 3.05) is 7.11 Å². The number of ether oxygens (including phenoxy) is 2. The Hall–Kier alpha value is -3.51. The van der Waals surface area contributed by atoms with E-state index in [0.29, 0.717) is 23.4 Å². The molecule has 0 fully saturated rings. The van der Waals surface area contributed by atoms with Crippen LogP contribution in [0, 0.1) is 0 Å². The lowest BCUT2D eigenvalue weighted by Gasteiger charge is -2.18. The van der Waals surface area contributed by atoms with Crippen LogP contribution in [0.15, 0.2) is 84.9 Å². The molecule has 0 aliphatic heterocycles. The number of hydrogen-bond donors (Lipinski definition) is 1. The SMILES string of the molecule is COc1ccc(CNC(C)c2cccc3ccccc23)cc1-c1cccc(OC(F)(F)F)c1. The molecule has 4 rings (SSSR count). The maximum absolute atomic E-state index is 12.6. The van der Waals surface area contributed by atoms with E-state index >= 15 is 0 Å². The van der Waals surface area contributed by atoms with Gasteiger partial charge in [-0.3, -0.25) is 0 Å². The summed E-state index contributed by atoms with van der Waals surface area (Å²) >= 11 is 0. The Balaban J connectivity index is 1.57. The van der Waals surface area contributed by atoms with Crippen molar-refractivity contribution in [1.29, 1.82) is 0 Å². The molecular formula is C27H24F3NO2. The van der Waals surface area contributed by atoms with Crippen LogP contribution in [0.25, 0.3) is 21.9 Å². The van der Waals surface area contributed by atoms with E-state index < -0.39 is 6.36 Å². The molecule has 3 nitrogen and oxygen atoms in total. The molecule has 1 atom stereocenters. The predicted molar refractivity (Wildman–Crippen MR) is 124 cm³/mol. The maximum atomic E-state index is 12.6. The highest BCUT2D eigenvalue weighted by Gasteiger charge is 2.31. The van der Waals surface area contributed by atoms with Crippen LogP contribution in [0.5, 0.6) is 11.5 Å². The van der Waals surface area contributed by atoms with E-state index in [1.165, 1.54) is 41.6 Å². The summed E-state index contributed by atoms with van der Waals surface area (Å²) in [7, 11) is 1.54. The molecule has 170 valence electrons. The Morgan fingerprint density at radius 1 is 0.879 bits per heavy atom. The highest BCUT2D eigenvalue weighted by Crippen LogP contribution is 2.34. The van der Waals surface area contributed by atoms with Gasteiger partial charge >= 0.3 is 6.36 Å². The van der Waals surface area contributed by atoms with E-state index in [1.54, 1.807) is 6.07 Å². The molecule has 0 radical (unpaired) electrons. The molecule has 6 heteroatoms. The van der Waals surface area contributed by atoms with Crippen LogP contribution in [0.4, 0.5) is 13.2 Å². The Kier molecular flexibility index (Phi) is 6.56. The minimum absolute atomic E-state index is 0.102. The first-order valence-electron chi connectivity index (χ1n) is 10.6. The van der Waals surface area contributed by atoms with Gasteiger partial charge in [0.05, 0.1) is 7.11 Å². The lowest BCUT2D eigenvalue weighted by Crippen LogP contribution is -2.18. The van der Waals surface area contributed by atoms with Crippen molar-refractivity contribution in [2.24, 2.45) is 0 Å². The maximum Gasteiger partial charge on any atom is 0.573 e. The highest BCUT2D eigenvalue weighted by atomic mass is 19.4. The molecule has 1 unspecified atom stereocenters. The number of nitrogens with one attached hydrogen (secondary N) is 1. The lowest BCUT2D eigenvalue weighted by atomic mass is 9.99. The van der Waals surface area contributed by atoms with Gasteiger partial charge < -0.3 is 14.8 Å². The van der Waals surface area contributed by atoms with Crippen LogP contribution in [0.3, 0.4) is 0 Å². The molecule has 0 saturated heterocycles. The van der Waals surface area contributed by atoms with Gasteiger partial charge in [0.15, 0.2) is 0 Å². The third kappa shape index (κ3) is 5.46. The van der Waals surface area contributed by atoms with E-state index in [9.17, 15) is 13.2 Å². The predicted octanol–water partition coefficient (Wildman–Crippen LogP) is 7.26. The number of alkyl halides is 3. The van der Waals surface area contributed by atoms with Crippen molar-refractivity contribution in [2.45, 2.75) is 25.9 Å². The fraction of sp³-hybridized carbons (Fsp3) is 0.185. The van der Waals surface area contributed by atoms with Gasteiger partial charge in [0.25, 0.3) is 0 Å². The molecular weight excluding hydrogens is 427 g/mol. The van der Waals surface area contributed by atoms with Gasteiger partial charge in [-0.05, 0) is 58.7 Å². The Bertz CT molecular complexity index is 1250. The van der Waals surface area contributed by atoms with E-state index in [-0.39, 0.29) is 11.8 Å². The molecule has 0 spiro atoms. The van der Waals surface area contributed by atoms with Crippen molar-refractivity contribution in [1.82, 2.24) is 5.32 Å². The number of benzene rings is 4. The lowest BCUT2D eigenvalue weighted by molar-refractivity contribution is -0.274. The number of halogens is 3. The van der Waals surface area contributed by atoms with Crippen molar-refractivity contribution in [3.8, 4) is 22.6 Å². The summed E-state index contributed by atoms with van der Waals surface area (Å²) < 4.78 is 47.5. The van der Waals surface area contributed by atoms with Gasteiger partial charge in [0, 0.05) is 18.2 Å². The average molecular weight is 451 g/mol. The third-order valence-corrected chi connectivity index (χ3v) is 5.54. The number of fused-ring (bicyclic) bond motifs is 1. The summed E-state index contributed by atoms with van der Waals surface area (Å²) in [6.45, 7) is 2.70. The average Bonchev–Trinajstić information content (AvgIpc) is 2.81. The summed E-state index contributed by atoms with van der Waals surface area (Å²) in [4.78, 5) is 0. The van der Waals surface area contributed by atoms with Gasteiger partial charge in [-0.25, -0.2) is 0 Å². The van der Waals surface area contributed by atoms with Crippen LogP contribution in [-0.2, 0) is 6.54 Å². The Labute approximate surface area is 190 Å². The van der Waals surface area contributed by atoms with E-state index in [0.717, 1.165) is 5.56 Å². The zero-order valence-corrected chi connectivity index (χ0v) is 18.3. The quantitative estimate of drug-likeness (QED) is 0.321. The first-order chi connectivity index (χ1) is 15.8. The van der Waals surface area contributed by atoms with Crippen LogP contribution in [0.2, 0.25) is 0 Å². The molecule has 0 heterocycles. The normalized spacial score (nSPS) is 12.5.